The Labute approximate surface area is 272 Å². The summed E-state index contributed by atoms with van der Waals surface area (Å²) in [6, 6.07) is 0. The lowest BCUT2D eigenvalue weighted by molar-refractivity contribution is -0.150. The second-order valence-corrected chi connectivity index (χ2v) is 12.0. The Morgan fingerprint density at radius 2 is 0.955 bits per heavy atom. The molecule has 4 nitrogen and oxygen atoms in total. The second kappa shape index (κ2) is 35.1. The van der Waals surface area contributed by atoms with Gasteiger partial charge in [0.2, 0.25) is 0 Å². The molecule has 0 saturated carbocycles. The highest BCUT2D eigenvalue weighted by Crippen LogP contribution is 2.18. The van der Waals surface area contributed by atoms with Crippen LogP contribution in [0.5, 0.6) is 0 Å². The third-order valence-corrected chi connectivity index (χ3v) is 7.75. The molecule has 0 bridgehead atoms. The van der Waals surface area contributed by atoms with Crippen molar-refractivity contribution < 1.29 is 19.4 Å². The van der Waals surface area contributed by atoms with E-state index in [1.807, 2.05) is 0 Å². The highest BCUT2D eigenvalue weighted by atomic mass is 16.5. The van der Waals surface area contributed by atoms with Gasteiger partial charge in [-0.2, -0.15) is 0 Å². The first-order valence-electron chi connectivity index (χ1n) is 18.3. The predicted octanol–water partition coefficient (Wildman–Crippen LogP) is 12.6. The van der Waals surface area contributed by atoms with Crippen LogP contribution in [0.4, 0.5) is 0 Å². The molecule has 0 rings (SSSR count). The lowest BCUT2D eigenvalue weighted by Gasteiger charge is -2.18. The van der Waals surface area contributed by atoms with Gasteiger partial charge in [-0.15, -0.1) is 0 Å². The van der Waals surface area contributed by atoms with E-state index < -0.39 is 5.97 Å². The minimum Gasteiger partial charge on any atom is -0.481 e. The van der Waals surface area contributed by atoms with E-state index in [2.05, 4.69) is 74.6 Å². The molecule has 4 heteroatoms. The van der Waals surface area contributed by atoms with Crippen molar-refractivity contribution >= 4 is 11.9 Å². The molecule has 0 aromatic rings. The normalized spacial score (nSPS) is 13.0. The molecule has 1 unspecified atom stereocenters. The topological polar surface area (TPSA) is 63.6 Å². The van der Waals surface area contributed by atoms with Crippen LogP contribution in [0.1, 0.15) is 174 Å². The third-order valence-electron chi connectivity index (χ3n) is 7.75. The largest absolute Gasteiger partial charge is 0.481 e. The standard InChI is InChI=1S/C40H68O4/c1-3-5-7-9-11-12-13-14-15-16-17-18-19-20-25-29-33-37-40(43)44-38(34-30-26-10-8-6-4-2)35-31-27-23-21-22-24-28-32-36-39(41)42/h5,7,11-12,14-15,17-18,20,25,38H,3-4,6,8-10,13,16,19,21-24,26-37H2,1-2H3,(H,41,42)/b7-5-,12-11-,15-14-,18-17-,25-20-. The molecule has 0 aromatic heterocycles. The van der Waals surface area contributed by atoms with Gasteiger partial charge < -0.3 is 9.84 Å². The van der Waals surface area contributed by atoms with Gasteiger partial charge in [0.25, 0.3) is 0 Å². The van der Waals surface area contributed by atoms with E-state index in [0.29, 0.717) is 12.8 Å². The van der Waals surface area contributed by atoms with Gasteiger partial charge in [0.15, 0.2) is 0 Å². The number of allylic oxidation sites excluding steroid dienone is 10. The number of carboxylic acids is 1. The Bertz CT molecular complexity index is 789. The molecule has 0 fully saturated rings. The SMILES string of the molecule is CC/C=C\C/C=C\C/C=C\C/C=C\C/C=C\CCCC(=O)OC(CCCCCCCC)CCCCCCCCCCC(=O)O. The maximum Gasteiger partial charge on any atom is 0.306 e. The molecule has 0 spiro atoms. The number of aliphatic carboxylic acids is 1. The molecule has 252 valence electrons. The van der Waals surface area contributed by atoms with E-state index in [1.54, 1.807) is 0 Å². The highest BCUT2D eigenvalue weighted by Gasteiger charge is 2.14. The maximum absolute atomic E-state index is 12.6. The van der Waals surface area contributed by atoms with Gasteiger partial charge in [-0.25, -0.2) is 0 Å². The number of esters is 1. The van der Waals surface area contributed by atoms with Crippen molar-refractivity contribution in [1.29, 1.82) is 0 Å². The van der Waals surface area contributed by atoms with Gasteiger partial charge in [-0.1, -0.05) is 145 Å². The van der Waals surface area contributed by atoms with Gasteiger partial charge in [0, 0.05) is 12.8 Å². The number of rotatable bonds is 32. The van der Waals surface area contributed by atoms with Crippen LogP contribution in [0.3, 0.4) is 0 Å². The fraction of sp³-hybridized carbons (Fsp3) is 0.700. The van der Waals surface area contributed by atoms with Gasteiger partial charge in [-0.3, -0.25) is 9.59 Å². The van der Waals surface area contributed by atoms with Crippen LogP contribution in [0.15, 0.2) is 60.8 Å². The minimum atomic E-state index is -0.688. The zero-order valence-corrected chi connectivity index (χ0v) is 28.7. The van der Waals surface area contributed by atoms with Crippen molar-refractivity contribution in [2.24, 2.45) is 0 Å². The maximum atomic E-state index is 12.6. The summed E-state index contributed by atoms with van der Waals surface area (Å²) in [6.45, 7) is 4.40. The number of ether oxygens (including phenoxy) is 1. The lowest BCUT2D eigenvalue weighted by Crippen LogP contribution is -2.18. The molecule has 1 atom stereocenters. The molecular formula is C40H68O4. The summed E-state index contributed by atoms with van der Waals surface area (Å²) >= 11 is 0. The Morgan fingerprint density at radius 3 is 1.43 bits per heavy atom. The summed E-state index contributed by atoms with van der Waals surface area (Å²) < 4.78 is 5.96. The fourth-order valence-corrected chi connectivity index (χ4v) is 5.10. The molecule has 0 aliphatic carbocycles. The number of carbonyl (C=O) groups excluding carboxylic acids is 1. The summed E-state index contributed by atoms with van der Waals surface area (Å²) in [7, 11) is 0. The van der Waals surface area contributed by atoms with E-state index in [-0.39, 0.29) is 12.1 Å². The third kappa shape index (κ3) is 34.1. The first-order chi connectivity index (χ1) is 21.6. The van der Waals surface area contributed by atoms with Crippen LogP contribution in [0, 0.1) is 0 Å². The van der Waals surface area contributed by atoms with Gasteiger partial charge in [0.1, 0.15) is 6.10 Å². The molecule has 0 heterocycles. The summed E-state index contributed by atoms with van der Waals surface area (Å²) in [5.74, 6) is -0.721. The molecule has 0 radical (unpaired) electrons. The zero-order chi connectivity index (χ0) is 32.2. The number of hydrogen-bond acceptors (Lipinski definition) is 3. The smallest absolute Gasteiger partial charge is 0.306 e. The number of carbonyl (C=O) groups is 2. The first-order valence-corrected chi connectivity index (χ1v) is 18.3. The second-order valence-electron chi connectivity index (χ2n) is 12.0. The summed E-state index contributed by atoms with van der Waals surface area (Å²) in [5.41, 5.74) is 0. The van der Waals surface area contributed by atoms with Gasteiger partial charge in [-0.05, 0) is 77.0 Å². The number of hydrogen-bond donors (Lipinski definition) is 1. The molecule has 1 N–H and O–H groups in total. The van der Waals surface area contributed by atoms with E-state index >= 15 is 0 Å². The quantitative estimate of drug-likeness (QED) is 0.0466. The Hall–Kier alpha value is -2.36. The van der Waals surface area contributed by atoms with Crippen LogP contribution in [-0.2, 0) is 14.3 Å². The molecule has 0 aromatic carbocycles. The van der Waals surface area contributed by atoms with Crippen molar-refractivity contribution in [1.82, 2.24) is 0 Å². The molecule has 0 aliphatic rings. The average molecular weight is 613 g/mol. The Kier molecular flexibility index (Phi) is 33.2. The van der Waals surface area contributed by atoms with Gasteiger partial charge in [0.05, 0.1) is 0 Å². The van der Waals surface area contributed by atoms with Crippen LogP contribution in [0.25, 0.3) is 0 Å². The molecule has 44 heavy (non-hydrogen) atoms. The fourth-order valence-electron chi connectivity index (χ4n) is 5.10. The van der Waals surface area contributed by atoms with Crippen molar-refractivity contribution in [3.8, 4) is 0 Å². The van der Waals surface area contributed by atoms with E-state index in [9.17, 15) is 9.59 Å². The average Bonchev–Trinajstić information content (AvgIpc) is 3.01. The minimum absolute atomic E-state index is 0.0327. The molecule has 0 aliphatic heterocycles. The van der Waals surface area contributed by atoms with Crippen LogP contribution < -0.4 is 0 Å². The van der Waals surface area contributed by atoms with Gasteiger partial charge >= 0.3 is 11.9 Å². The predicted molar refractivity (Wildman–Crippen MR) is 190 cm³/mol. The van der Waals surface area contributed by atoms with Crippen molar-refractivity contribution in [3.63, 3.8) is 0 Å². The first kappa shape index (κ1) is 41.6. The van der Waals surface area contributed by atoms with Crippen LogP contribution in [-0.4, -0.2) is 23.1 Å². The number of unbranched alkanes of at least 4 members (excludes halogenated alkanes) is 13. The van der Waals surface area contributed by atoms with Crippen molar-refractivity contribution in [2.45, 2.75) is 180 Å². The van der Waals surface area contributed by atoms with E-state index in [4.69, 9.17) is 9.84 Å². The highest BCUT2D eigenvalue weighted by molar-refractivity contribution is 5.69. The van der Waals surface area contributed by atoms with Crippen LogP contribution in [0.2, 0.25) is 0 Å². The lowest BCUT2D eigenvalue weighted by atomic mass is 10.0. The number of carboxylic acid groups (broad SMARTS) is 1. The molecular weight excluding hydrogens is 544 g/mol. The van der Waals surface area contributed by atoms with Crippen LogP contribution >= 0.6 is 0 Å². The summed E-state index contributed by atoms with van der Waals surface area (Å²) in [5, 5.41) is 8.72. The van der Waals surface area contributed by atoms with E-state index in [1.165, 1.54) is 57.8 Å². The van der Waals surface area contributed by atoms with Crippen molar-refractivity contribution in [3.05, 3.63) is 60.8 Å². The van der Waals surface area contributed by atoms with E-state index in [0.717, 1.165) is 89.9 Å². The summed E-state index contributed by atoms with van der Waals surface area (Å²) in [6.07, 6.45) is 48.1. The molecule has 0 saturated heterocycles. The monoisotopic (exact) mass is 613 g/mol. The molecule has 0 amide bonds. The summed E-state index contributed by atoms with van der Waals surface area (Å²) in [4.78, 5) is 23.2. The van der Waals surface area contributed by atoms with Crippen molar-refractivity contribution in [2.75, 3.05) is 0 Å². The zero-order valence-electron chi connectivity index (χ0n) is 28.7. The Morgan fingerprint density at radius 1 is 0.523 bits per heavy atom. The Balaban J connectivity index is 4.10.